The van der Waals surface area contributed by atoms with Gasteiger partial charge in [0.15, 0.2) is 0 Å². The average Bonchev–Trinajstić information content (AvgIpc) is 2.91. The molecule has 3 aromatic rings. The van der Waals surface area contributed by atoms with E-state index < -0.39 is 0 Å². The number of rotatable bonds is 4. The Morgan fingerprint density at radius 3 is 2.68 bits per heavy atom. The van der Waals surface area contributed by atoms with Gasteiger partial charge in [0.25, 0.3) is 0 Å². The van der Waals surface area contributed by atoms with Gasteiger partial charge in [0.1, 0.15) is 17.5 Å². The lowest BCUT2D eigenvalue weighted by molar-refractivity contribution is -0.115. The van der Waals surface area contributed by atoms with Crippen LogP contribution in [0.4, 0.5) is 11.5 Å². The Morgan fingerprint density at radius 1 is 1.24 bits per heavy atom. The van der Waals surface area contributed by atoms with Crippen LogP contribution in [0.1, 0.15) is 16.8 Å². The highest BCUT2D eigenvalue weighted by Gasteiger charge is 2.19. The first-order valence-corrected chi connectivity index (χ1v) is 7.78. The van der Waals surface area contributed by atoms with Crippen LogP contribution in [0.15, 0.2) is 54.6 Å². The minimum atomic E-state index is -0.250. The third-order valence-corrected chi connectivity index (χ3v) is 3.74. The number of nitrogens with two attached hydrogens (primary N) is 1. The van der Waals surface area contributed by atoms with Crippen LogP contribution in [0.3, 0.4) is 0 Å². The van der Waals surface area contributed by atoms with E-state index in [4.69, 9.17) is 5.73 Å². The molecule has 0 fully saturated rings. The number of amides is 1. The lowest BCUT2D eigenvalue weighted by Gasteiger charge is -2.05. The SMILES string of the molecule is Cc1cccc(NC(=O)Cc2nn(-c3ccccc3)c(N)c2C#N)c1. The van der Waals surface area contributed by atoms with Crippen LogP contribution in [-0.2, 0) is 11.2 Å². The summed E-state index contributed by atoms with van der Waals surface area (Å²) in [4.78, 5) is 12.3. The summed E-state index contributed by atoms with van der Waals surface area (Å²) in [5.41, 5.74) is 9.12. The fraction of sp³-hybridized carbons (Fsp3) is 0.105. The van der Waals surface area contributed by atoms with Gasteiger partial charge in [-0.25, -0.2) is 4.68 Å². The molecule has 6 heteroatoms. The van der Waals surface area contributed by atoms with Crippen molar-refractivity contribution in [2.45, 2.75) is 13.3 Å². The zero-order valence-electron chi connectivity index (χ0n) is 13.7. The highest BCUT2D eigenvalue weighted by molar-refractivity contribution is 5.92. The standard InChI is InChI=1S/C19H17N5O/c1-13-6-5-7-14(10-13)22-18(25)11-17-16(12-20)19(21)24(23-17)15-8-3-2-4-9-15/h2-10H,11,21H2,1H3,(H,22,25). The minimum absolute atomic E-state index is 0.0269. The van der Waals surface area contributed by atoms with Crippen molar-refractivity contribution in [2.24, 2.45) is 0 Å². The maximum Gasteiger partial charge on any atom is 0.230 e. The maximum absolute atomic E-state index is 12.3. The Kier molecular flexibility index (Phi) is 4.48. The largest absolute Gasteiger partial charge is 0.382 e. The Labute approximate surface area is 145 Å². The first kappa shape index (κ1) is 16.3. The highest BCUT2D eigenvalue weighted by atomic mass is 16.1. The number of aromatic nitrogens is 2. The number of carbonyl (C=O) groups is 1. The van der Waals surface area contributed by atoms with Crippen LogP contribution >= 0.6 is 0 Å². The highest BCUT2D eigenvalue weighted by Crippen LogP contribution is 2.21. The molecule has 0 atom stereocenters. The summed E-state index contributed by atoms with van der Waals surface area (Å²) < 4.78 is 1.48. The minimum Gasteiger partial charge on any atom is -0.382 e. The van der Waals surface area contributed by atoms with Crippen LogP contribution < -0.4 is 11.1 Å². The molecular weight excluding hydrogens is 314 g/mol. The second-order valence-electron chi connectivity index (χ2n) is 5.66. The summed E-state index contributed by atoms with van der Waals surface area (Å²) in [6.07, 6.45) is -0.0269. The Hall–Kier alpha value is -3.59. The molecule has 2 aromatic carbocycles. The molecule has 0 unspecified atom stereocenters. The number of nitriles is 1. The average molecular weight is 331 g/mol. The Balaban J connectivity index is 1.85. The van der Waals surface area contributed by atoms with Gasteiger partial charge in [-0.1, -0.05) is 30.3 Å². The van der Waals surface area contributed by atoms with Gasteiger partial charge >= 0.3 is 0 Å². The smallest absolute Gasteiger partial charge is 0.230 e. The molecule has 0 radical (unpaired) electrons. The Bertz CT molecular complexity index is 954. The summed E-state index contributed by atoms with van der Waals surface area (Å²) in [6, 6.07) is 18.8. The number of hydrogen-bond acceptors (Lipinski definition) is 4. The van der Waals surface area contributed by atoms with E-state index in [-0.39, 0.29) is 23.7 Å². The summed E-state index contributed by atoms with van der Waals surface area (Å²) in [6.45, 7) is 1.95. The van der Waals surface area contributed by atoms with E-state index in [1.54, 1.807) is 0 Å². The fourth-order valence-electron chi connectivity index (χ4n) is 2.57. The normalized spacial score (nSPS) is 10.2. The fourth-order valence-corrected chi connectivity index (χ4v) is 2.57. The molecule has 3 rings (SSSR count). The third kappa shape index (κ3) is 3.51. The molecular formula is C19H17N5O. The molecule has 1 aromatic heterocycles. The molecule has 3 N–H and O–H groups in total. The molecule has 0 aliphatic heterocycles. The molecule has 6 nitrogen and oxygen atoms in total. The van der Waals surface area contributed by atoms with E-state index >= 15 is 0 Å². The van der Waals surface area contributed by atoms with Gasteiger partial charge in [0.2, 0.25) is 5.91 Å². The van der Waals surface area contributed by atoms with Crippen molar-refractivity contribution in [1.29, 1.82) is 5.26 Å². The number of para-hydroxylation sites is 1. The number of benzene rings is 2. The number of nitrogens with zero attached hydrogens (tertiary/aromatic N) is 3. The number of nitrogens with one attached hydrogen (secondary N) is 1. The lowest BCUT2D eigenvalue weighted by atomic mass is 10.2. The van der Waals surface area contributed by atoms with E-state index in [9.17, 15) is 10.1 Å². The van der Waals surface area contributed by atoms with Crippen LogP contribution in [0.2, 0.25) is 0 Å². The molecule has 124 valence electrons. The van der Waals surface area contributed by atoms with Gasteiger partial charge in [-0.3, -0.25) is 4.79 Å². The molecule has 0 saturated heterocycles. The van der Waals surface area contributed by atoms with Crippen molar-refractivity contribution in [3.8, 4) is 11.8 Å². The second kappa shape index (κ2) is 6.89. The summed E-state index contributed by atoms with van der Waals surface area (Å²) in [5, 5.41) is 16.6. The first-order chi connectivity index (χ1) is 12.1. The second-order valence-corrected chi connectivity index (χ2v) is 5.66. The van der Waals surface area contributed by atoms with Gasteiger partial charge in [0, 0.05) is 5.69 Å². The van der Waals surface area contributed by atoms with Crippen molar-refractivity contribution in [3.63, 3.8) is 0 Å². The molecule has 0 spiro atoms. The summed E-state index contributed by atoms with van der Waals surface area (Å²) in [5.74, 6) is -0.0214. The lowest BCUT2D eigenvalue weighted by Crippen LogP contribution is -2.15. The molecule has 0 aliphatic carbocycles. The van der Waals surface area contributed by atoms with Gasteiger partial charge in [-0.2, -0.15) is 10.4 Å². The molecule has 1 amide bonds. The van der Waals surface area contributed by atoms with E-state index in [1.165, 1.54) is 4.68 Å². The number of nitrogen functional groups attached to an aromatic ring is 1. The maximum atomic E-state index is 12.3. The predicted molar refractivity (Wildman–Crippen MR) is 96.2 cm³/mol. The molecule has 1 heterocycles. The Morgan fingerprint density at radius 2 is 2.00 bits per heavy atom. The number of aryl methyl sites for hydroxylation is 1. The van der Waals surface area contributed by atoms with Crippen molar-refractivity contribution in [2.75, 3.05) is 11.1 Å². The predicted octanol–water partition coefficient (Wildman–Crippen LogP) is 2.82. The molecule has 25 heavy (non-hydrogen) atoms. The monoisotopic (exact) mass is 331 g/mol. The third-order valence-electron chi connectivity index (χ3n) is 3.74. The molecule has 0 aliphatic rings. The zero-order valence-corrected chi connectivity index (χ0v) is 13.7. The summed E-state index contributed by atoms with van der Waals surface area (Å²) in [7, 11) is 0. The van der Waals surface area contributed by atoms with E-state index in [2.05, 4.69) is 10.4 Å². The quantitative estimate of drug-likeness (QED) is 0.768. The van der Waals surface area contributed by atoms with Crippen LogP contribution in [0.25, 0.3) is 5.69 Å². The first-order valence-electron chi connectivity index (χ1n) is 7.78. The van der Waals surface area contributed by atoms with Crippen LogP contribution in [0.5, 0.6) is 0 Å². The zero-order chi connectivity index (χ0) is 17.8. The van der Waals surface area contributed by atoms with Gasteiger partial charge in [-0.05, 0) is 36.8 Å². The molecule has 0 saturated carbocycles. The van der Waals surface area contributed by atoms with Crippen LogP contribution in [0, 0.1) is 18.3 Å². The van der Waals surface area contributed by atoms with Crippen molar-refractivity contribution in [3.05, 3.63) is 71.4 Å². The van der Waals surface area contributed by atoms with E-state index in [1.807, 2.05) is 67.6 Å². The van der Waals surface area contributed by atoms with Gasteiger partial charge in [0.05, 0.1) is 17.8 Å². The van der Waals surface area contributed by atoms with E-state index in [0.29, 0.717) is 11.4 Å². The van der Waals surface area contributed by atoms with Crippen LogP contribution in [-0.4, -0.2) is 15.7 Å². The molecule has 0 bridgehead atoms. The van der Waals surface area contributed by atoms with Crippen molar-refractivity contribution < 1.29 is 4.79 Å². The van der Waals surface area contributed by atoms with E-state index in [0.717, 1.165) is 11.3 Å². The van der Waals surface area contributed by atoms with Gasteiger partial charge in [-0.15, -0.1) is 0 Å². The topological polar surface area (TPSA) is 96.7 Å². The number of hydrogen-bond donors (Lipinski definition) is 2. The number of carbonyl (C=O) groups excluding carboxylic acids is 1. The summed E-state index contributed by atoms with van der Waals surface area (Å²) >= 11 is 0. The van der Waals surface area contributed by atoms with Crippen molar-refractivity contribution >= 4 is 17.4 Å². The number of anilines is 2. The van der Waals surface area contributed by atoms with Crippen molar-refractivity contribution in [1.82, 2.24) is 9.78 Å². The van der Waals surface area contributed by atoms with Gasteiger partial charge < -0.3 is 11.1 Å².